The Morgan fingerprint density at radius 2 is 2.12 bits per heavy atom. The van der Waals surface area contributed by atoms with Crippen LogP contribution in [0.3, 0.4) is 0 Å². The van der Waals surface area contributed by atoms with E-state index in [4.69, 9.17) is 9.84 Å². The number of ether oxygens (including phenoxy) is 1. The number of hydrogen-bond donors (Lipinski definition) is 2. The van der Waals surface area contributed by atoms with E-state index in [0.717, 1.165) is 36.2 Å². The van der Waals surface area contributed by atoms with Crippen molar-refractivity contribution in [2.75, 3.05) is 18.5 Å². The average Bonchev–Trinajstić information content (AvgIpc) is 2.33. The zero-order valence-electron chi connectivity index (χ0n) is 9.28. The maximum absolute atomic E-state index is 10.8. The Balaban J connectivity index is 2.08. The van der Waals surface area contributed by atoms with Crippen LogP contribution in [0.1, 0.15) is 23.2 Å². The molecule has 92 valence electrons. The number of halogens is 1. The maximum atomic E-state index is 10.8. The third-order valence-electron chi connectivity index (χ3n) is 2.80. The first kappa shape index (κ1) is 12.4. The molecule has 5 heteroatoms. The van der Waals surface area contributed by atoms with E-state index in [1.165, 1.54) is 0 Å². The molecular formula is C12H14BrNO3. The van der Waals surface area contributed by atoms with Gasteiger partial charge in [-0.15, -0.1) is 0 Å². The zero-order valence-corrected chi connectivity index (χ0v) is 10.9. The third kappa shape index (κ3) is 3.20. The SMILES string of the molecule is O=C(O)c1ccc(NC2CCOCC2)c(Br)c1. The summed E-state index contributed by atoms with van der Waals surface area (Å²) in [6.45, 7) is 1.56. The van der Waals surface area contributed by atoms with Crippen LogP contribution in [0, 0.1) is 0 Å². The van der Waals surface area contributed by atoms with Crippen LogP contribution in [-0.2, 0) is 4.74 Å². The second-order valence-electron chi connectivity index (χ2n) is 4.03. The standard InChI is InChI=1S/C12H14BrNO3/c13-10-7-8(12(15)16)1-2-11(10)14-9-3-5-17-6-4-9/h1-2,7,9,14H,3-6H2,(H,15,16). The highest BCUT2D eigenvalue weighted by Crippen LogP contribution is 2.26. The Morgan fingerprint density at radius 3 is 2.71 bits per heavy atom. The third-order valence-corrected chi connectivity index (χ3v) is 3.45. The van der Waals surface area contributed by atoms with E-state index in [1.54, 1.807) is 18.2 Å². The van der Waals surface area contributed by atoms with Gasteiger partial charge in [-0.2, -0.15) is 0 Å². The molecule has 0 radical (unpaired) electrons. The van der Waals surface area contributed by atoms with Gasteiger partial charge in [-0.25, -0.2) is 4.79 Å². The zero-order chi connectivity index (χ0) is 12.3. The molecule has 4 nitrogen and oxygen atoms in total. The molecule has 0 aliphatic carbocycles. The van der Waals surface area contributed by atoms with E-state index in [9.17, 15) is 4.79 Å². The van der Waals surface area contributed by atoms with Crippen molar-refractivity contribution in [3.8, 4) is 0 Å². The van der Waals surface area contributed by atoms with Crippen LogP contribution in [0.5, 0.6) is 0 Å². The molecule has 2 N–H and O–H groups in total. The van der Waals surface area contributed by atoms with Crippen molar-refractivity contribution in [2.45, 2.75) is 18.9 Å². The highest BCUT2D eigenvalue weighted by Gasteiger charge is 2.15. The lowest BCUT2D eigenvalue weighted by Crippen LogP contribution is -2.27. The quantitative estimate of drug-likeness (QED) is 0.901. The largest absolute Gasteiger partial charge is 0.478 e. The second-order valence-corrected chi connectivity index (χ2v) is 4.89. The van der Waals surface area contributed by atoms with Crippen molar-refractivity contribution < 1.29 is 14.6 Å². The summed E-state index contributed by atoms with van der Waals surface area (Å²) in [6, 6.07) is 5.41. The number of aromatic carboxylic acids is 1. The van der Waals surface area contributed by atoms with Crippen LogP contribution in [-0.4, -0.2) is 30.3 Å². The number of carboxylic acid groups (broad SMARTS) is 1. The van der Waals surface area contributed by atoms with Gasteiger partial charge >= 0.3 is 5.97 Å². The number of anilines is 1. The van der Waals surface area contributed by atoms with E-state index in [-0.39, 0.29) is 5.56 Å². The highest BCUT2D eigenvalue weighted by molar-refractivity contribution is 9.10. The second kappa shape index (κ2) is 5.51. The van der Waals surface area contributed by atoms with Crippen LogP contribution in [0.2, 0.25) is 0 Å². The Labute approximate surface area is 108 Å². The van der Waals surface area contributed by atoms with Gasteiger partial charge in [0.2, 0.25) is 0 Å². The summed E-state index contributed by atoms with van der Waals surface area (Å²) >= 11 is 3.39. The molecule has 1 fully saturated rings. The monoisotopic (exact) mass is 299 g/mol. The minimum absolute atomic E-state index is 0.286. The van der Waals surface area contributed by atoms with Gasteiger partial charge in [0.1, 0.15) is 0 Å². The molecule has 1 saturated heterocycles. The first-order valence-corrected chi connectivity index (χ1v) is 6.33. The van der Waals surface area contributed by atoms with E-state index in [1.807, 2.05) is 0 Å². The summed E-state index contributed by atoms with van der Waals surface area (Å²) in [5, 5.41) is 12.3. The Hall–Kier alpha value is -1.07. The van der Waals surface area contributed by atoms with Gasteiger partial charge in [0, 0.05) is 29.4 Å². The number of carbonyl (C=O) groups is 1. The van der Waals surface area contributed by atoms with Crippen LogP contribution in [0.25, 0.3) is 0 Å². The topological polar surface area (TPSA) is 58.6 Å². The molecule has 0 atom stereocenters. The summed E-state index contributed by atoms with van der Waals surface area (Å²) in [5.74, 6) is -0.914. The summed E-state index contributed by atoms with van der Waals surface area (Å²) in [7, 11) is 0. The van der Waals surface area contributed by atoms with Crippen LogP contribution in [0.15, 0.2) is 22.7 Å². The number of carboxylic acids is 1. The van der Waals surface area contributed by atoms with Crippen molar-refractivity contribution in [1.29, 1.82) is 0 Å². The van der Waals surface area contributed by atoms with E-state index < -0.39 is 5.97 Å². The number of hydrogen-bond acceptors (Lipinski definition) is 3. The molecule has 1 aliphatic rings. The van der Waals surface area contributed by atoms with Gasteiger partial charge in [0.15, 0.2) is 0 Å². The van der Waals surface area contributed by atoms with Crippen molar-refractivity contribution in [2.24, 2.45) is 0 Å². The van der Waals surface area contributed by atoms with E-state index >= 15 is 0 Å². The predicted octanol–water partition coefficient (Wildman–Crippen LogP) is 2.74. The molecule has 0 unspecified atom stereocenters. The lowest BCUT2D eigenvalue weighted by atomic mass is 10.1. The Kier molecular flexibility index (Phi) is 4.02. The van der Waals surface area contributed by atoms with Gasteiger partial charge in [-0.3, -0.25) is 0 Å². The Bertz CT molecular complexity index is 416. The molecule has 2 rings (SSSR count). The fourth-order valence-electron chi connectivity index (χ4n) is 1.83. The fourth-order valence-corrected chi connectivity index (χ4v) is 2.32. The molecule has 1 aliphatic heterocycles. The van der Waals surface area contributed by atoms with E-state index in [2.05, 4.69) is 21.2 Å². The van der Waals surface area contributed by atoms with Crippen LogP contribution in [0.4, 0.5) is 5.69 Å². The fraction of sp³-hybridized carbons (Fsp3) is 0.417. The molecule has 17 heavy (non-hydrogen) atoms. The van der Waals surface area contributed by atoms with Crippen molar-refractivity contribution >= 4 is 27.6 Å². The smallest absolute Gasteiger partial charge is 0.335 e. The van der Waals surface area contributed by atoms with Gasteiger partial charge in [-0.05, 0) is 47.0 Å². The van der Waals surface area contributed by atoms with Gasteiger partial charge in [-0.1, -0.05) is 0 Å². The molecular weight excluding hydrogens is 286 g/mol. The minimum Gasteiger partial charge on any atom is -0.478 e. The van der Waals surface area contributed by atoms with Gasteiger partial charge in [0.25, 0.3) is 0 Å². The maximum Gasteiger partial charge on any atom is 0.335 e. The highest BCUT2D eigenvalue weighted by atomic mass is 79.9. The number of rotatable bonds is 3. The van der Waals surface area contributed by atoms with Crippen LogP contribution >= 0.6 is 15.9 Å². The van der Waals surface area contributed by atoms with Crippen molar-refractivity contribution in [3.63, 3.8) is 0 Å². The van der Waals surface area contributed by atoms with Gasteiger partial charge in [0.05, 0.1) is 5.56 Å². The molecule has 1 heterocycles. The van der Waals surface area contributed by atoms with E-state index in [0.29, 0.717) is 6.04 Å². The Morgan fingerprint density at radius 1 is 1.41 bits per heavy atom. The molecule has 0 spiro atoms. The average molecular weight is 300 g/mol. The minimum atomic E-state index is -0.914. The molecule has 1 aromatic rings. The lowest BCUT2D eigenvalue weighted by Gasteiger charge is -2.24. The first-order valence-electron chi connectivity index (χ1n) is 5.54. The molecule has 0 saturated carbocycles. The molecule has 0 bridgehead atoms. The predicted molar refractivity (Wildman–Crippen MR) is 68.6 cm³/mol. The molecule has 1 aromatic carbocycles. The number of benzene rings is 1. The van der Waals surface area contributed by atoms with Crippen molar-refractivity contribution in [3.05, 3.63) is 28.2 Å². The van der Waals surface area contributed by atoms with Crippen LogP contribution < -0.4 is 5.32 Å². The molecule has 0 aromatic heterocycles. The van der Waals surface area contributed by atoms with Crippen molar-refractivity contribution in [1.82, 2.24) is 0 Å². The lowest BCUT2D eigenvalue weighted by molar-refractivity contribution is 0.0697. The summed E-state index contributed by atoms with van der Waals surface area (Å²) in [6.07, 6.45) is 1.96. The summed E-state index contributed by atoms with van der Waals surface area (Å²) in [5.41, 5.74) is 1.22. The summed E-state index contributed by atoms with van der Waals surface area (Å²) < 4.78 is 6.07. The number of nitrogens with one attached hydrogen (secondary N) is 1. The summed E-state index contributed by atoms with van der Waals surface area (Å²) in [4.78, 5) is 10.8. The normalized spacial score (nSPS) is 16.8. The first-order chi connectivity index (χ1) is 8.16. The van der Waals surface area contributed by atoms with Gasteiger partial charge < -0.3 is 15.2 Å². The molecule has 0 amide bonds.